The summed E-state index contributed by atoms with van der Waals surface area (Å²) in [5, 5.41) is 5.62. The fourth-order valence-electron chi connectivity index (χ4n) is 1.70. The van der Waals surface area contributed by atoms with E-state index in [1.807, 2.05) is 18.4 Å². The molecule has 1 heterocycles. The van der Waals surface area contributed by atoms with Crippen molar-refractivity contribution in [1.82, 2.24) is 10.3 Å². The maximum Gasteiger partial charge on any atom is 0.244 e. The SMILES string of the molecule is Cc1nc(/C=C/C(=O)NCCc2cccc(F)c2)cs1. The summed E-state index contributed by atoms with van der Waals surface area (Å²) in [6, 6.07) is 6.38. The van der Waals surface area contributed by atoms with Gasteiger partial charge in [-0.05, 0) is 37.1 Å². The van der Waals surface area contributed by atoms with Gasteiger partial charge in [-0.25, -0.2) is 9.37 Å². The van der Waals surface area contributed by atoms with E-state index in [1.54, 1.807) is 23.5 Å². The molecule has 1 aromatic carbocycles. The monoisotopic (exact) mass is 290 g/mol. The molecule has 2 aromatic rings. The van der Waals surface area contributed by atoms with Crippen molar-refractivity contribution in [3.05, 3.63) is 57.8 Å². The van der Waals surface area contributed by atoms with Gasteiger partial charge in [-0.2, -0.15) is 0 Å². The van der Waals surface area contributed by atoms with Gasteiger partial charge in [0.1, 0.15) is 5.82 Å². The summed E-state index contributed by atoms with van der Waals surface area (Å²) in [5.74, 6) is -0.431. The minimum atomic E-state index is -0.257. The molecule has 0 radical (unpaired) electrons. The molecule has 0 atom stereocenters. The standard InChI is InChI=1S/C15H15FN2OS/c1-11-18-14(10-20-11)5-6-15(19)17-8-7-12-3-2-4-13(16)9-12/h2-6,9-10H,7-8H2,1H3,(H,17,19)/b6-5+. The van der Waals surface area contributed by atoms with Crippen LogP contribution in [-0.4, -0.2) is 17.4 Å². The lowest BCUT2D eigenvalue weighted by molar-refractivity contribution is -0.116. The minimum Gasteiger partial charge on any atom is -0.352 e. The Bertz CT molecular complexity index is 622. The number of nitrogens with zero attached hydrogens (tertiary/aromatic N) is 1. The van der Waals surface area contributed by atoms with Crippen LogP contribution >= 0.6 is 11.3 Å². The lowest BCUT2D eigenvalue weighted by Crippen LogP contribution is -2.23. The average molecular weight is 290 g/mol. The first kappa shape index (κ1) is 14.4. The fourth-order valence-corrected chi connectivity index (χ4v) is 2.28. The van der Waals surface area contributed by atoms with Crippen LogP contribution in [0.2, 0.25) is 0 Å². The van der Waals surface area contributed by atoms with Crippen LogP contribution in [0.25, 0.3) is 6.08 Å². The number of carbonyl (C=O) groups is 1. The molecule has 0 spiro atoms. The predicted molar refractivity (Wildman–Crippen MR) is 79.0 cm³/mol. The van der Waals surface area contributed by atoms with Gasteiger partial charge in [-0.1, -0.05) is 12.1 Å². The smallest absolute Gasteiger partial charge is 0.244 e. The summed E-state index contributed by atoms with van der Waals surface area (Å²) in [7, 11) is 0. The predicted octanol–water partition coefficient (Wildman–Crippen LogP) is 2.96. The molecule has 1 aromatic heterocycles. The molecular formula is C15H15FN2OS. The highest BCUT2D eigenvalue weighted by atomic mass is 32.1. The van der Waals surface area contributed by atoms with E-state index >= 15 is 0 Å². The van der Waals surface area contributed by atoms with Crippen LogP contribution in [0.4, 0.5) is 4.39 Å². The van der Waals surface area contributed by atoms with Crippen LogP contribution in [0.3, 0.4) is 0 Å². The largest absolute Gasteiger partial charge is 0.352 e. The molecular weight excluding hydrogens is 275 g/mol. The molecule has 0 aliphatic rings. The maximum absolute atomic E-state index is 13.0. The highest BCUT2D eigenvalue weighted by Crippen LogP contribution is 2.09. The van der Waals surface area contributed by atoms with Crippen molar-refractivity contribution in [2.75, 3.05) is 6.54 Å². The molecule has 0 saturated carbocycles. The van der Waals surface area contributed by atoms with Gasteiger partial charge in [0.25, 0.3) is 0 Å². The van der Waals surface area contributed by atoms with Crippen molar-refractivity contribution in [3.63, 3.8) is 0 Å². The third kappa shape index (κ3) is 4.59. The van der Waals surface area contributed by atoms with Crippen molar-refractivity contribution in [2.24, 2.45) is 0 Å². The first-order valence-electron chi connectivity index (χ1n) is 6.26. The van der Waals surface area contributed by atoms with Gasteiger partial charge in [-0.15, -0.1) is 11.3 Å². The highest BCUT2D eigenvalue weighted by Gasteiger charge is 1.99. The van der Waals surface area contributed by atoms with E-state index in [0.29, 0.717) is 13.0 Å². The third-order valence-electron chi connectivity index (χ3n) is 2.64. The number of nitrogens with one attached hydrogen (secondary N) is 1. The number of carbonyl (C=O) groups excluding carboxylic acids is 1. The lowest BCUT2D eigenvalue weighted by atomic mass is 10.1. The second-order valence-electron chi connectivity index (χ2n) is 4.30. The van der Waals surface area contributed by atoms with E-state index in [1.165, 1.54) is 18.2 Å². The van der Waals surface area contributed by atoms with E-state index in [9.17, 15) is 9.18 Å². The summed E-state index contributed by atoms with van der Waals surface area (Å²) < 4.78 is 13.0. The molecule has 0 aliphatic heterocycles. The minimum absolute atomic E-state index is 0.174. The Morgan fingerprint density at radius 1 is 1.50 bits per heavy atom. The summed E-state index contributed by atoms with van der Waals surface area (Å²) in [6.07, 6.45) is 3.74. The van der Waals surface area contributed by atoms with Gasteiger partial charge < -0.3 is 5.32 Å². The van der Waals surface area contributed by atoms with Crippen LogP contribution in [0, 0.1) is 12.7 Å². The molecule has 3 nitrogen and oxygen atoms in total. The zero-order valence-corrected chi connectivity index (χ0v) is 11.9. The van der Waals surface area contributed by atoms with Crippen LogP contribution < -0.4 is 5.32 Å². The van der Waals surface area contributed by atoms with Gasteiger partial charge in [0, 0.05) is 18.0 Å². The Labute approximate surface area is 121 Å². The van der Waals surface area contributed by atoms with Crippen molar-refractivity contribution >= 4 is 23.3 Å². The van der Waals surface area contributed by atoms with Crippen LogP contribution in [0.5, 0.6) is 0 Å². The Kier molecular flexibility index (Phi) is 5.01. The molecule has 2 rings (SSSR count). The topological polar surface area (TPSA) is 42.0 Å². The Morgan fingerprint density at radius 3 is 3.05 bits per heavy atom. The molecule has 0 saturated heterocycles. The number of hydrogen-bond acceptors (Lipinski definition) is 3. The Balaban J connectivity index is 1.76. The summed E-state index contributed by atoms with van der Waals surface area (Å²) in [5.41, 5.74) is 1.65. The molecule has 1 amide bonds. The molecule has 0 unspecified atom stereocenters. The number of benzene rings is 1. The summed E-state index contributed by atoms with van der Waals surface area (Å²) in [6.45, 7) is 2.39. The van der Waals surface area contributed by atoms with Gasteiger partial charge in [0.2, 0.25) is 5.91 Å². The average Bonchev–Trinajstić information content (AvgIpc) is 2.82. The van der Waals surface area contributed by atoms with Gasteiger partial charge in [0.15, 0.2) is 0 Å². The van der Waals surface area contributed by atoms with Crippen molar-refractivity contribution in [1.29, 1.82) is 0 Å². The Morgan fingerprint density at radius 2 is 2.35 bits per heavy atom. The van der Waals surface area contributed by atoms with E-state index in [2.05, 4.69) is 10.3 Å². The van der Waals surface area contributed by atoms with E-state index in [0.717, 1.165) is 16.3 Å². The first-order valence-corrected chi connectivity index (χ1v) is 7.14. The zero-order chi connectivity index (χ0) is 14.4. The van der Waals surface area contributed by atoms with Crippen molar-refractivity contribution < 1.29 is 9.18 Å². The van der Waals surface area contributed by atoms with E-state index < -0.39 is 0 Å². The quantitative estimate of drug-likeness (QED) is 0.860. The molecule has 5 heteroatoms. The van der Waals surface area contributed by atoms with Crippen molar-refractivity contribution in [3.8, 4) is 0 Å². The number of amides is 1. The van der Waals surface area contributed by atoms with Gasteiger partial charge in [0.05, 0.1) is 10.7 Å². The second-order valence-corrected chi connectivity index (χ2v) is 5.36. The highest BCUT2D eigenvalue weighted by molar-refractivity contribution is 7.09. The lowest BCUT2D eigenvalue weighted by Gasteiger charge is -2.02. The number of halogens is 1. The third-order valence-corrected chi connectivity index (χ3v) is 3.44. The molecule has 0 aliphatic carbocycles. The summed E-state index contributed by atoms with van der Waals surface area (Å²) in [4.78, 5) is 15.8. The first-order chi connectivity index (χ1) is 9.63. The van der Waals surface area contributed by atoms with E-state index in [4.69, 9.17) is 0 Å². The number of rotatable bonds is 5. The molecule has 1 N–H and O–H groups in total. The second kappa shape index (κ2) is 6.96. The van der Waals surface area contributed by atoms with Gasteiger partial charge in [-0.3, -0.25) is 4.79 Å². The number of hydrogen-bond donors (Lipinski definition) is 1. The number of aromatic nitrogens is 1. The molecule has 20 heavy (non-hydrogen) atoms. The van der Waals surface area contributed by atoms with E-state index in [-0.39, 0.29) is 11.7 Å². The number of aryl methyl sites for hydroxylation is 1. The maximum atomic E-state index is 13.0. The summed E-state index contributed by atoms with van der Waals surface area (Å²) >= 11 is 1.54. The molecule has 104 valence electrons. The Hall–Kier alpha value is -2.01. The normalized spacial score (nSPS) is 10.9. The van der Waals surface area contributed by atoms with Crippen LogP contribution in [-0.2, 0) is 11.2 Å². The van der Waals surface area contributed by atoms with Crippen molar-refractivity contribution in [2.45, 2.75) is 13.3 Å². The van der Waals surface area contributed by atoms with Crippen LogP contribution in [0.1, 0.15) is 16.3 Å². The zero-order valence-electron chi connectivity index (χ0n) is 11.1. The van der Waals surface area contributed by atoms with Gasteiger partial charge >= 0.3 is 0 Å². The van der Waals surface area contributed by atoms with Crippen LogP contribution in [0.15, 0.2) is 35.7 Å². The molecule has 0 bridgehead atoms. The fraction of sp³-hybridized carbons (Fsp3) is 0.200. The number of thiazole rings is 1. The molecule has 0 fully saturated rings.